The summed E-state index contributed by atoms with van der Waals surface area (Å²) in [7, 11) is 1.57. The van der Waals surface area contributed by atoms with E-state index >= 15 is 0 Å². The standard InChI is InChI=1S/C10H16N2O3/c1-3-14-9(13-2)7-15-8-5-4-6-12-10(8)11/h4-6,9H,3,7H2,1-2H3,(H2,11,12). The molecule has 0 aliphatic rings. The smallest absolute Gasteiger partial charge is 0.191 e. The van der Waals surface area contributed by atoms with E-state index < -0.39 is 0 Å². The summed E-state index contributed by atoms with van der Waals surface area (Å²) in [5.41, 5.74) is 5.60. The minimum Gasteiger partial charge on any atom is -0.484 e. The van der Waals surface area contributed by atoms with E-state index in [0.717, 1.165) is 0 Å². The second-order valence-electron chi connectivity index (χ2n) is 2.82. The largest absolute Gasteiger partial charge is 0.484 e. The third kappa shape index (κ3) is 3.73. The maximum absolute atomic E-state index is 5.60. The number of anilines is 1. The monoisotopic (exact) mass is 212 g/mol. The van der Waals surface area contributed by atoms with Crippen molar-refractivity contribution in [1.29, 1.82) is 0 Å². The first-order valence-corrected chi connectivity index (χ1v) is 4.75. The van der Waals surface area contributed by atoms with Crippen LogP contribution in [0.4, 0.5) is 5.82 Å². The van der Waals surface area contributed by atoms with Crippen LogP contribution >= 0.6 is 0 Å². The van der Waals surface area contributed by atoms with Crippen LogP contribution in [0.25, 0.3) is 0 Å². The minimum absolute atomic E-state index is 0.292. The van der Waals surface area contributed by atoms with E-state index in [2.05, 4.69) is 4.98 Å². The molecule has 1 aromatic rings. The Morgan fingerprint density at radius 3 is 2.93 bits per heavy atom. The molecule has 15 heavy (non-hydrogen) atoms. The lowest BCUT2D eigenvalue weighted by molar-refractivity contribution is -0.137. The summed E-state index contributed by atoms with van der Waals surface area (Å²) in [4.78, 5) is 3.90. The molecule has 5 nitrogen and oxygen atoms in total. The number of nitrogens with two attached hydrogens (primary N) is 1. The molecule has 0 aliphatic heterocycles. The number of pyridine rings is 1. The van der Waals surface area contributed by atoms with Crippen molar-refractivity contribution in [1.82, 2.24) is 4.98 Å². The Labute approximate surface area is 89.2 Å². The van der Waals surface area contributed by atoms with Gasteiger partial charge < -0.3 is 19.9 Å². The summed E-state index contributed by atoms with van der Waals surface area (Å²) in [6.45, 7) is 2.76. The predicted molar refractivity (Wildman–Crippen MR) is 56.6 cm³/mol. The molecule has 1 atom stereocenters. The Hall–Kier alpha value is -1.33. The molecule has 1 rings (SSSR count). The summed E-state index contributed by atoms with van der Waals surface area (Å²) >= 11 is 0. The Morgan fingerprint density at radius 1 is 1.53 bits per heavy atom. The number of aromatic nitrogens is 1. The van der Waals surface area contributed by atoms with Crippen LogP contribution in [0.2, 0.25) is 0 Å². The van der Waals surface area contributed by atoms with Gasteiger partial charge in [0, 0.05) is 19.9 Å². The predicted octanol–water partition coefficient (Wildman–Crippen LogP) is 1.05. The molecule has 0 bridgehead atoms. The number of rotatable bonds is 6. The van der Waals surface area contributed by atoms with Gasteiger partial charge in [0.05, 0.1) is 0 Å². The van der Waals surface area contributed by atoms with E-state index in [1.165, 1.54) is 0 Å². The molecule has 1 aromatic heterocycles. The van der Waals surface area contributed by atoms with Crippen molar-refractivity contribution in [2.45, 2.75) is 13.2 Å². The highest BCUT2D eigenvalue weighted by Crippen LogP contribution is 2.17. The lowest BCUT2D eigenvalue weighted by atomic mass is 10.4. The van der Waals surface area contributed by atoms with Crippen LogP contribution < -0.4 is 10.5 Å². The highest BCUT2D eigenvalue weighted by atomic mass is 16.7. The van der Waals surface area contributed by atoms with Crippen molar-refractivity contribution in [3.63, 3.8) is 0 Å². The van der Waals surface area contributed by atoms with E-state index in [1.54, 1.807) is 25.4 Å². The molecule has 0 aromatic carbocycles. The molecular formula is C10H16N2O3. The molecule has 0 radical (unpaired) electrons. The van der Waals surface area contributed by atoms with Crippen molar-refractivity contribution < 1.29 is 14.2 Å². The Bertz CT molecular complexity index is 294. The highest BCUT2D eigenvalue weighted by Gasteiger charge is 2.08. The number of hydrogen-bond donors (Lipinski definition) is 1. The molecule has 2 N–H and O–H groups in total. The maximum atomic E-state index is 5.60. The zero-order valence-electron chi connectivity index (χ0n) is 8.97. The molecule has 0 fully saturated rings. The fourth-order valence-corrected chi connectivity index (χ4v) is 1.05. The number of hydrogen-bond acceptors (Lipinski definition) is 5. The molecule has 0 spiro atoms. The molecule has 0 aliphatic carbocycles. The van der Waals surface area contributed by atoms with Gasteiger partial charge in [-0.05, 0) is 19.1 Å². The third-order valence-electron chi connectivity index (χ3n) is 1.79. The van der Waals surface area contributed by atoms with Gasteiger partial charge in [-0.25, -0.2) is 4.98 Å². The third-order valence-corrected chi connectivity index (χ3v) is 1.79. The van der Waals surface area contributed by atoms with Gasteiger partial charge in [-0.2, -0.15) is 0 Å². The normalized spacial score (nSPS) is 12.4. The number of methoxy groups -OCH3 is 1. The van der Waals surface area contributed by atoms with Gasteiger partial charge in [0.25, 0.3) is 0 Å². The molecule has 5 heteroatoms. The fourth-order valence-electron chi connectivity index (χ4n) is 1.05. The zero-order chi connectivity index (χ0) is 11.1. The average molecular weight is 212 g/mol. The first kappa shape index (κ1) is 11.7. The average Bonchev–Trinajstić information content (AvgIpc) is 2.26. The van der Waals surface area contributed by atoms with Crippen LogP contribution in [-0.4, -0.2) is 31.6 Å². The molecule has 1 unspecified atom stereocenters. The Balaban J connectivity index is 2.45. The topological polar surface area (TPSA) is 66.6 Å². The molecule has 84 valence electrons. The van der Waals surface area contributed by atoms with Crippen molar-refractivity contribution >= 4 is 5.82 Å². The van der Waals surface area contributed by atoms with Crippen LogP contribution in [0, 0.1) is 0 Å². The first-order chi connectivity index (χ1) is 7.27. The minimum atomic E-state index is -0.380. The van der Waals surface area contributed by atoms with E-state index in [4.69, 9.17) is 19.9 Å². The van der Waals surface area contributed by atoms with Crippen molar-refractivity contribution in [2.24, 2.45) is 0 Å². The molecule has 0 amide bonds. The van der Waals surface area contributed by atoms with Gasteiger partial charge >= 0.3 is 0 Å². The molecule has 0 saturated heterocycles. The summed E-state index contributed by atoms with van der Waals surface area (Å²) in [6, 6.07) is 3.51. The first-order valence-electron chi connectivity index (χ1n) is 4.75. The van der Waals surface area contributed by atoms with Crippen molar-refractivity contribution in [3.05, 3.63) is 18.3 Å². The van der Waals surface area contributed by atoms with E-state index in [0.29, 0.717) is 24.8 Å². The summed E-state index contributed by atoms with van der Waals surface area (Å²) in [5.74, 6) is 0.906. The molecule has 1 heterocycles. The van der Waals surface area contributed by atoms with E-state index in [-0.39, 0.29) is 6.29 Å². The second-order valence-corrected chi connectivity index (χ2v) is 2.82. The quantitative estimate of drug-likeness (QED) is 0.714. The number of nitrogen functional groups attached to an aromatic ring is 1. The lowest BCUT2D eigenvalue weighted by Crippen LogP contribution is -2.23. The lowest BCUT2D eigenvalue weighted by Gasteiger charge is -2.16. The van der Waals surface area contributed by atoms with Gasteiger partial charge in [0.15, 0.2) is 17.9 Å². The van der Waals surface area contributed by atoms with Crippen LogP contribution in [0.3, 0.4) is 0 Å². The molecule has 0 saturated carbocycles. The van der Waals surface area contributed by atoms with E-state index in [9.17, 15) is 0 Å². The fraction of sp³-hybridized carbons (Fsp3) is 0.500. The van der Waals surface area contributed by atoms with Gasteiger partial charge in [-0.1, -0.05) is 0 Å². The van der Waals surface area contributed by atoms with Gasteiger partial charge in [0.2, 0.25) is 0 Å². The van der Waals surface area contributed by atoms with Crippen molar-refractivity contribution in [3.8, 4) is 5.75 Å². The zero-order valence-corrected chi connectivity index (χ0v) is 8.97. The van der Waals surface area contributed by atoms with Crippen LogP contribution in [0.15, 0.2) is 18.3 Å². The Morgan fingerprint density at radius 2 is 2.33 bits per heavy atom. The Kier molecular flexibility index (Phi) is 4.86. The number of nitrogens with zero attached hydrogens (tertiary/aromatic N) is 1. The van der Waals surface area contributed by atoms with Gasteiger partial charge in [-0.3, -0.25) is 0 Å². The summed E-state index contributed by atoms with van der Waals surface area (Å²) in [5, 5.41) is 0. The number of ether oxygens (including phenoxy) is 3. The van der Waals surface area contributed by atoms with Crippen LogP contribution in [-0.2, 0) is 9.47 Å². The van der Waals surface area contributed by atoms with Gasteiger partial charge in [-0.15, -0.1) is 0 Å². The summed E-state index contributed by atoms with van der Waals surface area (Å²) < 4.78 is 15.7. The second kappa shape index (κ2) is 6.21. The maximum Gasteiger partial charge on any atom is 0.191 e. The summed E-state index contributed by atoms with van der Waals surface area (Å²) in [6.07, 6.45) is 1.23. The van der Waals surface area contributed by atoms with Crippen molar-refractivity contribution in [2.75, 3.05) is 26.1 Å². The van der Waals surface area contributed by atoms with Gasteiger partial charge in [0.1, 0.15) is 6.61 Å². The van der Waals surface area contributed by atoms with E-state index in [1.807, 2.05) is 6.92 Å². The molecular weight excluding hydrogens is 196 g/mol. The highest BCUT2D eigenvalue weighted by molar-refractivity contribution is 5.44. The van der Waals surface area contributed by atoms with Crippen LogP contribution in [0.5, 0.6) is 5.75 Å². The van der Waals surface area contributed by atoms with Crippen LogP contribution in [0.1, 0.15) is 6.92 Å². The SMILES string of the molecule is CCOC(COc1cccnc1N)OC.